The van der Waals surface area contributed by atoms with Gasteiger partial charge in [-0.15, -0.1) is 6.58 Å². The summed E-state index contributed by atoms with van der Waals surface area (Å²) in [4.78, 5) is 44.6. The molecule has 0 saturated carbocycles. The Morgan fingerprint density at radius 3 is 2.69 bits per heavy atom. The maximum Gasteiger partial charge on any atom is 0.338 e. The van der Waals surface area contributed by atoms with Gasteiger partial charge in [0.1, 0.15) is 0 Å². The van der Waals surface area contributed by atoms with E-state index in [1.54, 1.807) is 31.2 Å². The lowest BCUT2D eigenvalue weighted by Crippen LogP contribution is -2.58. The van der Waals surface area contributed by atoms with Gasteiger partial charge in [0.25, 0.3) is 0 Å². The van der Waals surface area contributed by atoms with Crippen molar-refractivity contribution < 1.29 is 19.1 Å². The van der Waals surface area contributed by atoms with Gasteiger partial charge in [-0.2, -0.15) is 0 Å². The summed E-state index contributed by atoms with van der Waals surface area (Å²) in [6.45, 7) is 13.9. The Bertz CT molecular complexity index is 1030. The summed E-state index contributed by atoms with van der Waals surface area (Å²) in [5, 5.41) is 6.40. The number of piperazine rings is 1. The predicted octanol–water partition coefficient (Wildman–Crippen LogP) is 3.53. The van der Waals surface area contributed by atoms with Crippen LogP contribution in [0.15, 0.2) is 48.2 Å². The van der Waals surface area contributed by atoms with Crippen LogP contribution in [0, 0.1) is 0 Å². The molecular formula is C26H36ClN5O4. The Hall–Kier alpha value is -3.04. The maximum atomic E-state index is 13.3. The summed E-state index contributed by atoms with van der Waals surface area (Å²) in [5.41, 5.74) is 1.63. The molecule has 2 aliphatic heterocycles. The highest BCUT2D eigenvalue weighted by Crippen LogP contribution is 2.33. The molecule has 0 radical (unpaired) electrons. The van der Waals surface area contributed by atoms with Crippen molar-refractivity contribution in [2.45, 2.75) is 45.8 Å². The first kappa shape index (κ1) is 27.5. The van der Waals surface area contributed by atoms with Crippen LogP contribution in [0.1, 0.15) is 39.3 Å². The Morgan fingerprint density at radius 2 is 2.08 bits per heavy atom. The molecule has 2 N–H and O–H groups in total. The average molecular weight is 518 g/mol. The molecule has 9 nitrogen and oxygen atoms in total. The lowest BCUT2D eigenvalue weighted by molar-refractivity contribution is -0.139. The summed E-state index contributed by atoms with van der Waals surface area (Å²) >= 11 is 6.23. The molecule has 1 saturated heterocycles. The van der Waals surface area contributed by atoms with Crippen LogP contribution in [0.2, 0.25) is 5.02 Å². The molecule has 0 bridgehead atoms. The van der Waals surface area contributed by atoms with E-state index in [1.807, 2.05) is 31.7 Å². The summed E-state index contributed by atoms with van der Waals surface area (Å²) in [6.07, 6.45) is 1.62. The van der Waals surface area contributed by atoms with E-state index in [0.717, 1.165) is 0 Å². The fraction of sp³-hybridized carbons (Fsp3) is 0.500. The summed E-state index contributed by atoms with van der Waals surface area (Å²) in [7, 11) is 0. The van der Waals surface area contributed by atoms with E-state index in [1.165, 1.54) is 4.90 Å². The summed E-state index contributed by atoms with van der Waals surface area (Å²) in [5.74, 6) is -0.491. The van der Waals surface area contributed by atoms with Crippen molar-refractivity contribution >= 4 is 29.6 Å². The van der Waals surface area contributed by atoms with Gasteiger partial charge in [0.15, 0.2) is 0 Å². The van der Waals surface area contributed by atoms with Crippen LogP contribution in [0.5, 0.6) is 0 Å². The SMILES string of the molecule is C=CCN1C(=O)N[C@@H](c2cccc(Cl)c2)C(C(=O)OCC)=C1CN1CCN(C(=O)NC(C)C)[C@@H](C)C1. The maximum absolute atomic E-state index is 13.3. The first-order valence-electron chi connectivity index (χ1n) is 12.3. The highest BCUT2D eigenvalue weighted by Gasteiger charge is 2.39. The molecule has 2 aliphatic rings. The quantitative estimate of drug-likeness (QED) is 0.406. The molecule has 196 valence electrons. The van der Waals surface area contributed by atoms with Crippen LogP contribution in [-0.4, -0.2) is 84.1 Å². The molecule has 1 fully saturated rings. The topological polar surface area (TPSA) is 94.2 Å². The number of halogens is 1. The molecule has 1 aromatic carbocycles. The average Bonchev–Trinajstić information content (AvgIpc) is 2.80. The largest absolute Gasteiger partial charge is 0.463 e. The number of hydrogen-bond acceptors (Lipinski definition) is 5. The van der Waals surface area contributed by atoms with Gasteiger partial charge < -0.3 is 20.3 Å². The second-order valence-corrected chi connectivity index (χ2v) is 9.74. The van der Waals surface area contributed by atoms with E-state index in [2.05, 4.69) is 22.1 Å². The third-order valence-corrected chi connectivity index (χ3v) is 6.42. The second-order valence-electron chi connectivity index (χ2n) is 9.30. The van der Waals surface area contributed by atoms with Gasteiger partial charge in [-0.25, -0.2) is 14.4 Å². The van der Waals surface area contributed by atoms with E-state index in [9.17, 15) is 14.4 Å². The normalized spacial score (nSPS) is 20.9. The van der Waals surface area contributed by atoms with E-state index < -0.39 is 12.0 Å². The third kappa shape index (κ3) is 6.39. The summed E-state index contributed by atoms with van der Waals surface area (Å²) < 4.78 is 5.44. The van der Waals surface area contributed by atoms with Gasteiger partial charge in [-0.1, -0.05) is 29.8 Å². The Balaban J connectivity index is 1.97. The number of carbonyl (C=O) groups is 3. The molecule has 4 amide bonds. The zero-order chi connectivity index (χ0) is 26.4. The number of carbonyl (C=O) groups excluding carboxylic acids is 3. The van der Waals surface area contributed by atoms with E-state index in [0.29, 0.717) is 48.0 Å². The van der Waals surface area contributed by atoms with Crippen LogP contribution >= 0.6 is 11.6 Å². The number of nitrogens with zero attached hydrogens (tertiary/aromatic N) is 3. The van der Waals surface area contributed by atoms with Crippen molar-refractivity contribution in [2.75, 3.05) is 39.3 Å². The van der Waals surface area contributed by atoms with E-state index >= 15 is 0 Å². The van der Waals surface area contributed by atoms with Crippen LogP contribution in [0.3, 0.4) is 0 Å². The molecule has 1 aromatic rings. The number of urea groups is 2. The minimum Gasteiger partial charge on any atom is -0.463 e. The van der Waals surface area contributed by atoms with Crippen molar-refractivity contribution in [1.29, 1.82) is 0 Å². The smallest absolute Gasteiger partial charge is 0.338 e. The molecule has 36 heavy (non-hydrogen) atoms. The molecule has 10 heteroatoms. The number of nitrogens with one attached hydrogen (secondary N) is 2. The Kier molecular flexibility index (Phi) is 9.39. The highest BCUT2D eigenvalue weighted by molar-refractivity contribution is 6.30. The van der Waals surface area contributed by atoms with Gasteiger partial charge in [-0.05, 0) is 45.4 Å². The lowest BCUT2D eigenvalue weighted by atomic mass is 9.94. The molecule has 3 rings (SSSR count). The van der Waals surface area contributed by atoms with Crippen molar-refractivity contribution in [2.24, 2.45) is 0 Å². The monoisotopic (exact) mass is 517 g/mol. The van der Waals surface area contributed by atoms with Crippen molar-refractivity contribution in [3.63, 3.8) is 0 Å². The minimum atomic E-state index is -0.707. The van der Waals surface area contributed by atoms with Gasteiger partial charge >= 0.3 is 18.0 Å². The first-order valence-corrected chi connectivity index (χ1v) is 12.7. The molecule has 2 heterocycles. The number of amides is 4. The number of benzene rings is 1. The minimum absolute atomic E-state index is 0.0434. The van der Waals surface area contributed by atoms with E-state index in [-0.39, 0.29) is 37.3 Å². The number of esters is 1. The predicted molar refractivity (Wildman–Crippen MR) is 140 cm³/mol. The van der Waals surface area contributed by atoms with Gasteiger partial charge in [0.05, 0.1) is 18.2 Å². The lowest BCUT2D eigenvalue weighted by Gasteiger charge is -2.43. The molecule has 0 spiro atoms. The molecule has 0 aliphatic carbocycles. The van der Waals surface area contributed by atoms with E-state index in [4.69, 9.17) is 16.3 Å². The molecule has 0 unspecified atom stereocenters. The zero-order valence-electron chi connectivity index (χ0n) is 21.4. The van der Waals surface area contributed by atoms with Crippen molar-refractivity contribution in [3.8, 4) is 0 Å². The fourth-order valence-electron chi connectivity index (χ4n) is 4.60. The first-order chi connectivity index (χ1) is 17.2. The van der Waals surface area contributed by atoms with Crippen LogP contribution in [0.4, 0.5) is 9.59 Å². The number of ether oxygens (including phenoxy) is 1. The standard InChI is InChI=1S/C26H36ClN5O4/c1-6-11-32-21(16-30-12-13-31(18(5)15-30)25(34)28-17(3)4)22(24(33)36-7-2)23(29-26(32)35)19-9-8-10-20(27)14-19/h6,8-10,14,17-18,23H,1,7,11-13,15-16H2,2-5H3,(H,28,34)(H,29,35)/t18-,23-/m0/s1. The Morgan fingerprint density at radius 1 is 1.33 bits per heavy atom. The van der Waals surface area contributed by atoms with Gasteiger partial charge in [0, 0.05) is 55.5 Å². The van der Waals surface area contributed by atoms with Crippen LogP contribution in [0.25, 0.3) is 0 Å². The molecule has 0 aromatic heterocycles. The number of hydrogen-bond donors (Lipinski definition) is 2. The van der Waals surface area contributed by atoms with Crippen LogP contribution < -0.4 is 10.6 Å². The van der Waals surface area contributed by atoms with Crippen LogP contribution in [-0.2, 0) is 9.53 Å². The zero-order valence-corrected chi connectivity index (χ0v) is 22.2. The molecule has 2 atom stereocenters. The fourth-order valence-corrected chi connectivity index (χ4v) is 4.80. The molecular weight excluding hydrogens is 482 g/mol. The highest BCUT2D eigenvalue weighted by atomic mass is 35.5. The van der Waals surface area contributed by atoms with Crippen molar-refractivity contribution in [1.82, 2.24) is 25.3 Å². The Labute approximate surface area is 218 Å². The van der Waals surface area contributed by atoms with Crippen molar-refractivity contribution in [3.05, 3.63) is 58.8 Å². The second kappa shape index (κ2) is 12.3. The summed E-state index contributed by atoms with van der Waals surface area (Å²) in [6, 6.07) is 5.97. The van der Waals surface area contributed by atoms with Gasteiger partial charge in [-0.3, -0.25) is 9.80 Å². The van der Waals surface area contributed by atoms with Gasteiger partial charge in [0.2, 0.25) is 0 Å². The third-order valence-electron chi connectivity index (χ3n) is 6.19. The number of rotatable bonds is 8.